The highest BCUT2D eigenvalue weighted by atomic mass is 35.5. The van der Waals surface area contributed by atoms with Gasteiger partial charge >= 0.3 is 0 Å². The fourth-order valence-corrected chi connectivity index (χ4v) is 5.60. The second-order valence-corrected chi connectivity index (χ2v) is 10.1. The normalized spacial score (nSPS) is 27.6. The van der Waals surface area contributed by atoms with Crippen LogP contribution in [0.2, 0.25) is 5.02 Å². The van der Waals surface area contributed by atoms with Crippen LogP contribution >= 0.6 is 11.6 Å². The van der Waals surface area contributed by atoms with E-state index in [0.29, 0.717) is 23.2 Å². The number of hydrogen-bond donors (Lipinski definition) is 3. The lowest BCUT2D eigenvalue weighted by atomic mass is 9.90. The zero-order valence-electron chi connectivity index (χ0n) is 19.9. The van der Waals surface area contributed by atoms with Crippen molar-refractivity contribution in [3.05, 3.63) is 53.1 Å². The average Bonchev–Trinajstić information content (AvgIpc) is 3.55. The van der Waals surface area contributed by atoms with Crippen LogP contribution in [-0.2, 0) is 14.3 Å². The molecule has 1 aromatic carbocycles. The molecule has 0 saturated carbocycles. The number of ether oxygens (including phenoxy) is 3. The Morgan fingerprint density at radius 3 is 2.69 bits per heavy atom. The van der Waals surface area contributed by atoms with Gasteiger partial charge in [0.2, 0.25) is 5.91 Å². The molecule has 5 atom stereocenters. The van der Waals surface area contributed by atoms with E-state index in [0.717, 1.165) is 35.9 Å². The summed E-state index contributed by atoms with van der Waals surface area (Å²) in [7, 11) is 0. The maximum absolute atomic E-state index is 11.3. The summed E-state index contributed by atoms with van der Waals surface area (Å²) in [4.78, 5) is 19.3. The number of amides is 1. The van der Waals surface area contributed by atoms with Crippen molar-refractivity contribution in [2.45, 2.75) is 56.6 Å². The van der Waals surface area contributed by atoms with Crippen molar-refractivity contribution >= 4 is 34.1 Å². The quantitative estimate of drug-likeness (QED) is 0.482. The number of halogens is 1. The first-order chi connectivity index (χ1) is 17.4. The molecule has 8 nitrogen and oxygen atoms in total. The number of aliphatic hydroxyl groups excluding tert-OH is 1. The van der Waals surface area contributed by atoms with Crippen LogP contribution in [0, 0.1) is 0 Å². The number of fused-ring (bicyclic) bond motifs is 2. The predicted molar refractivity (Wildman–Crippen MR) is 136 cm³/mol. The Hall–Kier alpha value is -2.91. The minimum absolute atomic E-state index is 0.0208. The number of nitrogens with one attached hydrogen (secondary N) is 2. The van der Waals surface area contributed by atoms with Gasteiger partial charge in [0, 0.05) is 24.6 Å². The Kier molecular flexibility index (Phi) is 6.21. The van der Waals surface area contributed by atoms with Gasteiger partial charge in [-0.3, -0.25) is 4.79 Å². The Morgan fingerprint density at radius 1 is 1.17 bits per heavy atom. The van der Waals surface area contributed by atoms with Crippen LogP contribution in [0.15, 0.2) is 42.5 Å². The molecule has 9 heteroatoms. The molecule has 0 bridgehead atoms. The maximum atomic E-state index is 11.3. The fourth-order valence-electron chi connectivity index (χ4n) is 5.34. The highest BCUT2D eigenvalue weighted by Gasteiger charge is 2.48. The smallest absolute Gasteiger partial charge is 0.217 e. The first-order valence-corrected chi connectivity index (χ1v) is 12.7. The molecule has 2 aliphatic heterocycles. The number of carbonyl (C=O) groups is 1. The van der Waals surface area contributed by atoms with Crippen LogP contribution in [0.5, 0.6) is 5.88 Å². The Morgan fingerprint density at radius 2 is 1.94 bits per heavy atom. The Labute approximate surface area is 213 Å². The van der Waals surface area contributed by atoms with E-state index in [4.69, 9.17) is 30.8 Å². The fraction of sp³-hybridized carbons (Fsp3) is 0.407. The number of carbonyl (C=O) groups excluding carboxylic acids is 1. The van der Waals surface area contributed by atoms with Gasteiger partial charge in [0.25, 0.3) is 0 Å². The summed E-state index contributed by atoms with van der Waals surface area (Å²) in [5, 5.41) is 13.5. The van der Waals surface area contributed by atoms with Gasteiger partial charge in [-0.25, -0.2) is 4.98 Å². The summed E-state index contributed by atoms with van der Waals surface area (Å²) in [6, 6.07) is 12.2. The number of allylic oxidation sites excluding steroid dienone is 1. The lowest BCUT2D eigenvalue weighted by Crippen LogP contribution is -2.34. The third-order valence-corrected chi connectivity index (χ3v) is 7.43. The Bertz CT molecular complexity index is 1320. The average molecular weight is 510 g/mol. The van der Waals surface area contributed by atoms with Gasteiger partial charge in [-0.05, 0) is 36.5 Å². The SMILES string of the molecule is CC(=O)NC1CC=C(c2ccc(-c3nc4cc(O[C@@H]5COC6[C@H](O)CO[C@@H]65)[nH]c4cc3Cl)cc2)CC1. The number of aromatic nitrogens is 2. The monoisotopic (exact) mass is 509 g/mol. The molecule has 2 unspecified atom stereocenters. The van der Waals surface area contributed by atoms with E-state index in [2.05, 4.69) is 28.5 Å². The third kappa shape index (κ3) is 4.50. The summed E-state index contributed by atoms with van der Waals surface area (Å²) < 4.78 is 17.4. The number of hydrogen-bond acceptors (Lipinski definition) is 6. The van der Waals surface area contributed by atoms with E-state index < -0.39 is 6.10 Å². The standard InChI is InChI=1S/C27H28ClN3O5/c1-14(32)29-18-8-6-16(7-9-18)15-2-4-17(5-3-15)25-19(28)10-20-21(31-25)11-24(30-20)36-23-13-35-26-22(33)12-34-27(23)26/h2-6,10-11,18,22-23,26-27,30,33H,7-9,12-13H2,1H3,(H,29,32)/t18?,22-,23-,26?,27-/m1/s1. The van der Waals surface area contributed by atoms with Gasteiger partial charge in [0.15, 0.2) is 12.0 Å². The molecule has 3 aromatic rings. The van der Waals surface area contributed by atoms with E-state index in [9.17, 15) is 9.90 Å². The molecule has 1 amide bonds. The predicted octanol–water partition coefficient (Wildman–Crippen LogP) is 3.86. The number of pyridine rings is 1. The van der Waals surface area contributed by atoms with Crippen molar-refractivity contribution in [1.29, 1.82) is 0 Å². The van der Waals surface area contributed by atoms with Gasteiger partial charge in [-0.2, -0.15) is 0 Å². The number of nitrogens with zero attached hydrogens (tertiary/aromatic N) is 1. The van der Waals surface area contributed by atoms with Crippen LogP contribution in [0.4, 0.5) is 0 Å². The molecule has 188 valence electrons. The highest BCUT2D eigenvalue weighted by Crippen LogP contribution is 2.34. The molecule has 36 heavy (non-hydrogen) atoms. The number of benzene rings is 1. The number of aromatic amines is 1. The largest absolute Gasteiger partial charge is 0.470 e. The van der Waals surface area contributed by atoms with Gasteiger partial charge in [-0.1, -0.05) is 41.9 Å². The molecule has 6 rings (SSSR count). The topological polar surface area (TPSA) is 106 Å². The van der Waals surface area contributed by atoms with Crippen LogP contribution < -0.4 is 10.1 Å². The lowest BCUT2D eigenvalue weighted by molar-refractivity contribution is -0.119. The van der Waals surface area contributed by atoms with Crippen LogP contribution in [0.3, 0.4) is 0 Å². The van der Waals surface area contributed by atoms with Crippen molar-refractivity contribution < 1.29 is 24.1 Å². The summed E-state index contributed by atoms with van der Waals surface area (Å²) >= 11 is 6.62. The van der Waals surface area contributed by atoms with Crippen molar-refractivity contribution in [2.75, 3.05) is 13.2 Å². The van der Waals surface area contributed by atoms with E-state index in [1.54, 1.807) is 6.92 Å². The second kappa shape index (κ2) is 9.52. The van der Waals surface area contributed by atoms with Crippen molar-refractivity contribution in [3.8, 4) is 17.1 Å². The summed E-state index contributed by atoms with van der Waals surface area (Å²) in [6.07, 6.45) is 3.39. The first kappa shape index (κ1) is 23.5. The Balaban J connectivity index is 1.18. The lowest BCUT2D eigenvalue weighted by Gasteiger charge is -2.22. The van der Waals surface area contributed by atoms with Gasteiger partial charge < -0.3 is 29.6 Å². The zero-order chi connectivity index (χ0) is 24.8. The molecular formula is C27H28ClN3O5. The minimum atomic E-state index is -0.615. The summed E-state index contributed by atoms with van der Waals surface area (Å²) in [5.41, 5.74) is 5.63. The minimum Gasteiger partial charge on any atom is -0.470 e. The van der Waals surface area contributed by atoms with Crippen LogP contribution in [0.25, 0.3) is 27.9 Å². The molecule has 3 aliphatic rings. The number of aliphatic hydroxyl groups is 1. The van der Waals surface area contributed by atoms with E-state index >= 15 is 0 Å². The van der Waals surface area contributed by atoms with Crippen LogP contribution in [0.1, 0.15) is 31.7 Å². The molecule has 1 aliphatic carbocycles. The first-order valence-electron chi connectivity index (χ1n) is 12.3. The number of rotatable bonds is 5. The van der Waals surface area contributed by atoms with Crippen molar-refractivity contribution in [3.63, 3.8) is 0 Å². The summed E-state index contributed by atoms with van der Waals surface area (Å²) in [5.74, 6) is 0.578. The van der Waals surface area contributed by atoms with E-state index in [1.807, 2.05) is 24.3 Å². The molecule has 0 spiro atoms. The van der Waals surface area contributed by atoms with Gasteiger partial charge in [0.1, 0.15) is 18.3 Å². The molecule has 2 fully saturated rings. The molecular weight excluding hydrogens is 482 g/mol. The molecule has 3 N–H and O–H groups in total. The van der Waals surface area contributed by atoms with E-state index in [-0.39, 0.29) is 36.9 Å². The van der Waals surface area contributed by atoms with E-state index in [1.165, 1.54) is 11.1 Å². The molecule has 2 saturated heterocycles. The zero-order valence-corrected chi connectivity index (χ0v) is 20.6. The van der Waals surface area contributed by atoms with Gasteiger partial charge in [-0.15, -0.1) is 0 Å². The van der Waals surface area contributed by atoms with Crippen molar-refractivity contribution in [2.24, 2.45) is 0 Å². The van der Waals surface area contributed by atoms with Gasteiger partial charge in [0.05, 0.1) is 35.0 Å². The molecule has 2 aromatic heterocycles. The highest BCUT2D eigenvalue weighted by molar-refractivity contribution is 6.33. The van der Waals surface area contributed by atoms with Crippen molar-refractivity contribution in [1.82, 2.24) is 15.3 Å². The summed E-state index contributed by atoms with van der Waals surface area (Å²) in [6.45, 7) is 2.18. The third-order valence-electron chi connectivity index (χ3n) is 7.14. The maximum Gasteiger partial charge on any atom is 0.217 e. The number of H-pyrrole nitrogens is 1. The van der Waals surface area contributed by atoms with Crippen LogP contribution in [-0.4, -0.2) is 64.7 Å². The molecule has 4 heterocycles. The molecule has 0 radical (unpaired) electrons. The second-order valence-electron chi connectivity index (χ2n) is 9.68.